The Morgan fingerprint density at radius 2 is 1.63 bits per heavy atom. The molecule has 1 unspecified atom stereocenters. The van der Waals surface area contributed by atoms with E-state index in [4.69, 9.17) is 4.74 Å². The van der Waals surface area contributed by atoms with Crippen LogP contribution in [-0.2, 0) is 11.2 Å². The zero-order chi connectivity index (χ0) is 20.9. The number of hydrogen-bond donors (Lipinski definition) is 2. The highest BCUT2D eigenvalue weighted by atomic mass is 16.5. The van der Waals surface area contributed by atoms with Crippen LogP contribution >= 0.6 is 0 Å². The van der Waals surface area contributed by atoms with Crippen molar-refractivity contribution < 1.29 is 14.3 Å². The van der Waals surface area contributed by atoms with Gasteiger partial charge in [0.2, 0.25) is 0 Å². The molecule has 0 saturated carbocycles. The fraction of sp³-hybridized carbons (Fsp3) is 0.167. The van der Waals surface area contributed by atoms with Gasteiger partial charge in [0, 0.05) is 17.9 Å². The number of nitrogens with zero attached hydrogens (tertiary/aromatic N) is 1. The van der Waals surface area contributed by atoms with Gasteiger partial charge in [-0.3, -0.25) is 4.79 Å². The first-order chi connectivity index (χ1) is 14.7. The van der Waals surface area contributed by atoms with Crippen molar-refractivity contribution in [3.05, 3.63) is 90.0 Å². The highest BCUT2D eigenvalue weighted by molar-refractivity contribution is 6.02. The number of ether oxygens (including phenoxy) is 1. The second-order valence-electron chi connectivity index (χ2n) is 7.04. The molecule has 2 N–H and O–H groups in total. The van der Waals surface area contributed by atoms with Gasteiger partial charge in [-0.1, -0.05) is 48.5 Å². The van der Waals surface area contributed by atoms with Crippen LogP contribution < -0.4 is 20.3 Å². The number of benzene rings is 3. The minimum absolute atomic E-state index is 0.156. The predicted octanol–water partition coefficient (Wildman–Crippen LogP) is 4.15. The monoisotopic (exact) mass is 401 g/mol. The Morgan fingerprint density at radius 1 is 0.933 bits per heavy atom. The smallest absolute Gasteiger partial charge is 0.320 e. The number of amides is 3. The molecule has 1 aliphatic rings. The Morgan fingerprint density at radius 3 is 2.37 bits per heavy atom. The van der Waals surface area contributed by atoms with Gasteiger partial charge in [-0.15, -0.1) is 0 Å². The number of hydrogen-bond acceptors (Lipinski definition) is 3. The molecule has 152 valence electrons. The van der Waals surface area contributed by atoms with Gasteiger partial charge in [0.05, 0.1) is 7.11 Å². The molecule has 0 aliphatic carbocycles. The summed E-state index contributed by atoms with van der Waals surface area (Å²) in [5.74, 6) is 0.544. The van der Waals surface area contributed by atoms with Gasteiger partial charge >= 0.3 is 6.03 Å². The molecule has 0 fully saturated rings. The van der Waals surface area contributed by atoms with E-state index < -0.39 is 12.1 Å². The molecule has 3 aromatic carbocycles. The number of anilines is 2. The largest absolute Gasteiger partial charge is 0.497 e. The number of carbonyl (C=O) groups is 2. The molecule has 0 aromatic heterocycles. The minimum Gasteiger partial charge on any atom is -0.497 e. The molecule has 0 spiro atoms. The van der Waals surface area contributed by atoms with Crippen molar-refractivity contribution >= 4 is 23.3 Å². The molecule has 30 heavy (non-hydrogen) atoms. The molecule has 3 aromatic rings. The Bertz CT molecular complexity index is 1040. The summed E-state index contributed by atoms with van der Waals surface area (Å²) >= 11 is 0. The van der Waals surface area contributed by atoms with Crippen LogP contribution in [-0.4, -0.2) is 25.6 Å². The number of carbonyl (C=O) groups excluding carboxylic acids is 2. The lowest BCUT2D eigenvalue weighted by Crippen LogP contribution is -2.43. The van der Waals surface area contributed by atoms with E-state index in [0.717, 1.165) is 23.2 Å². The van der Waals surface area contributed by atoms with E-state index in [9.17, 15) is 9.59 Å². The lowest BCUT2D eigenvalue weighted by Gasteiger charge is -2.25. The second-order valence-corrected chi connectivity index (χ2v) is 7.04. The van der Waals surface area contributed by atoms with Crippen LogP contribution in [0.15, 0.2) is 78.9 Å². The Labute approximate surface area is 175 Å². The van der Waals surface area contributed by atoms with E-state index in [0.29, 0.717) is 18.0 Å². The van der Waals surface area contributed by atoms with Crippen molar-refractivity contribution in [3.8, 4) is 5.75 Å². The van der Waals surface area contributed by atoms with E-state index >= 15 is 0 Å². The zero-order valence-corrected chi connectivity index (χ0v) is 16.7. The lowest BCUT2D eigenvalue weighted by molar-refractivity contribution is -0.120. The summed E-state index contributed by atoms with van der Waals surface area (Å²) in [5.41, 5.74) is 3.39. The van der Waals surface area contributed by atoms with Crippen LogP contribution in [0.1, 0.15) is 17.2 Å². The summed E-state index contributed by atoms with van der Waals surface area (Å²) in [5, 5.41) is 5.63. The van der Waals surface area contributed by atoms with Gasteiger partial charge in [-0.05, 0) is 47.9 Å². The first-order valence-electron chi connectivity index (χ1n) is 9.81. The van der Waals surface area contributed by atoms with E-state index in [1.165, 1.54) is 0 Å². The summed E-state index contributed by atoms with van der Waals surface area (Å²) in [7, 11) is 1.59. The average molecular weight is 401 g/mol. The Kier molecular flexibility index (Phi) is 5.66. The topological polar surface area (TPSA) is 70.7 Å². The van der Waals surface area contributed by atoms with Crippen LogP contribution in [0.3, 0.4) is 0 Å². The zero-order valence-electron chi connectivity index (χ0n) is 16.7. The Hall–Kier alpha value is -3.80. The molecule has 1 atom stereocenters. The first kappa shape index (κ1) is 19.5. The van der Waals surface area contributed by atoms with Crippen molar-refractivity contribution in [2.24, 2.45) is 0 Å². The van der Waals surface area contributed by atoms with Crippen LogP contribution in [0.25, 0.3) is 0 Å². The third kappa shape index (κ3) is 4.12. The lowest BCUT2D eigenvalue weighted by atomic mass is 10.1. The molecule has 6 nitrogen and oxygen atoms in total. The minimum atomic E-state index is -0.796. The molecule has 6 heteroatoms. The van der Waals surface area contributed by atoms with Crippen LogP contribution in [0, 0.1) is 0 Å². The van der Waals surface area contributed by atoms with Crippen LogP contribution in [0.4, 0.5) is 16.2 Å². The van der Waals surface area contributed by atoms with E-state index in [2.05, 4.69) is 10.6 Å². The summed E-state index contributed by atoms with van der Waals surface area (Å²) in [6.45, 7) is 0.600. The maximum absolute atomic E-state index is 13.4. The fourth-order valence-corrected chi connectivity index (χ4v) is 3.63. The van der Waals surface area contributed by atoms with Gasteiger partial charge < -0.3 is 20.3 Å². The van der Waals surface area contributed by atoms with Gasteiger partial charge in [0.15, 0.2) is 0 Å². The standard InChI is InChI=1S/C24H23N3O3/c1-30-20-13-11-19(12-14-20)25-24(29)26-22(18-8-3-2-4-9-18)23(28)27-16-15-17-7-5-6-10-21(17)27/h2-14,22H,15-16H2,1H3,(H2,25,26,29). The molecule has 0 saturated heterocycles. The molecule has 4 rings (SSSR count). The van der Waals surface area contributed by atoms with Crippen molar-refractivity contribution in [2.75, 3.05) is 23.9 Å². The number of para-hydroxylation sites is 1. The van der Waals surface area contributed by atoms with Crippen LogP contribution in [0.5, 0.6) is 5.75 Å². The number of urea groups is 1. The third-order valence-corrected chi connectivity index (χ3v) is 5.16. The summed E-state index contributed by atoms with van der Waals surface area (Å²) in [4.78, 5) is 27.9. The van der Waals surface area contributed by atoms with E-state index in [1.807, 2.05) is 54.6 Å². The normalized spacial score (nSPS) is 13.3. The molecule has 0 radical (unpaired) electrons. The maximum atomic E-state index is 13.4. The molecule has 3 amide bonds. The average Bonchev–Trinajstić information content (AvgIpc) is 3.22. The van der Waals surface area contributed by atoms with Crippen molar-refractivity contribution in [1.82, 2.24) is 5.32 Å². The SMILES string of the molecule is COc1ccc(NC(=O)NC(C(=O)N2CCc3ccccc32)c2ccccc2)cc1. The summed E-state index contributed by atoms with van der Waals surface area (Å²) in [6.07, 6.45) is 0.807. The van der Waals surface area contributed by atoms with Crippen LogP contribution in [0.2, 0.25) is 0 Å². The number of fused-ring (bicyclic) bond motifs is 1. The molecule has 1 heterocycles. The maximum Gasteiger partial charge on any atom is 0.320 e. The van der Waals surface area contributed by atoms with Gasteiger partial charge in [0.1, 0.15) is 11.8 Å². The van der Waals surface area contributed by atoms with Gasteiger partial charge in [-0.2, -0.15) is 0 Å². The quantitative estimate of drug-likeness (QED) is 0.675. The van der Waals surface area contributed by atoms with E-state index in [-0.39, 0.29) is 5.91 Å². The second kappa shape index (κ2) is 8.69. The van der Waals surface area contributed by atoms with E-state index in [1.54, 1.807) is 36.3 Å². The van der Waals surface area contributed by atoms with Crippen molar-refractivity contribution in [1.29, 1.82) is 0 Å². The molecule has 1 aliphatic heterocycles. The highest BCUT2D eigenvalue weighted by Crippen LogP contribution is 2.30. The number of nitrogens with one attached hydrogen (secondary N) is 2. The van der Waals surface area contributed by atoms with Crippen molar-refractivity contribution in [2.45, 2.75) is 12.5 Å². The summed E-state index contributed by atoms with van der Waals surface area (Å²) < 4.78 is 5.14. The molecular formula is C24H23N3O3. The predicted molar refractivity (Wildman–Crippen MR) is 117 cm³/mol. The number of rotatable bonds is 5. The molecule has 0 bridgehead atoms. The van der Waals surface area contributed by atoms with Gasteiger partial charge in [-0.25, -0.2) is 4.79 Å². The third-order valence-electron chi connectivity index (χ3n) is 5.16. The Balaban J connectivity index is 1.54. The highest BCUT2D eigenvalue weighted by Gasteiger charge is 2.32. The number of methoxy groups -OCH3 is 1. The molecular weight excluding hydrogens is 378 g/mol. The summed E-state index contributed by atoms with van der Waals surface area (Å²) in [6, 6.07) is 22.9. The van der Waals surface area contributed by atoms with Crippen molar-refractivity contribution in [3.63, 3.8) is 0 Å². The first-order valence-corrected chi connectivity index (χ1v) is 9.81. The fourth-order valence-electron chi connectivity index (χ4n) is 3.63. The van der Waals surface area contributed by atoms with Gasteiger partial charge in [0.25, 0.3) is 5.91 Å².